The summed E-state index contributed by atoms with van der Waals surface area (Å²) in [6.07, 6.45) is 6.42. The lowest BCUT2D eigenvalue weighted by Gasteiger charge is -2.45. The van der Waals surface area contributed by atoms with Gasteiger partial charge in [0.25, 0.3) is 0 Å². The number of ether oxygens (including phenoxy) is 2. The molecule has 2 aliphatic heterocycles. The number of carbonyl (C=O) groups is 2. The van der Waals surface area contributed by atoms with Crippen molar-refractivity contribution in [2.45, 2.75) is 102 Å². The van der Waals surface area contributed by atoms with Gasteiger partial charge in [0.15, 0.2) is 0 Å². The van der Waals surface area contributed by atoms with E-state index in [1.165, 1.54) is 31.4 Å². The summed E-state index contributed by atoms with van der Waals surface area (Å²) in [4.78, 5) is 34.0. The highest BCUT2D eigenvalue weighted by Crippen LogP contribution is 2.39. The van der Waals surface area contributed by atoms with Crippen molar-refractivity contribution in [2.75, 3.05) is 24.5 Å². The van der Waals surface area contributed by atoms with Gasteiger partial charge in [-0.25, -0.2) is 14.0 Å². The Hall–Kier alpha value is -3.66. The molecule has 44 heavy (non-hydrogen) atoms. The number of hydrogen-bond donors (Lipinski definition) is 2. The monoisotopic (exact) mass is 607 g/mol. The number of halogens is 1. The number of aliphatic imine (C=N–C) groups is 1. The molecule has 5 rings (SSSR count). The summed E-state index contributed by atoms with van der Waals surface area (Å²) in [5.41, 5.74) is 0.486. The van der Waals surface area contributed by atoms with Gasteiger partial charge in [-0.1, -0.05) is 37.5 Å². The highest BCUT2D eigenvalue weighted by Gasteiger charge is 2.52. The minimum Gasteiger partial charge on any atom is -0.489 e. The molecule has 0 bridgehead atoms. The fourth-order valence-corrected chi connectivity index (χ4v) is 6.45. The Morgan fingerprint density at radius 2 is 1.82 bits per heavy atom. The zero-order valence-corrected chi connectivity index (χ0v) is 26.4. The zero-order chi connectivity index (χ0) is 31.3. The molecule has 1 unspecified atom stereocenters. The molecule has 238 valence electrons. The van der Waals surface area contributed by atoms with Crippen LogP contribution in [0.5, 0.6) is 5.75 Å². The predicted octanol–water partition coefficient (Wildman–Crippen LogP) is 6.41. The minimum absolute atomic E-state index is 0.240. The Kier molecular flexibility index (Phi) is 9.78. The van der Waals surface area contributed by atoms with Gasteiger partial charge < -0.3 is 20.1 Å². The quantitative estimate of drug-likeness (QED) is 0.360. The van der Waals surface area contributed by atoms with E-state index in [1.54, 1.807) is 17.0 Å². The number of nitrogens with one attached hydrogen (secondary N) is 2. The second kappa shape index (κ2) is 13.5. The highest BCUT2D eigenvalue weighted by molar-refractivity contribution is 6.16. The number of rotatable bonds is 8. The smallest absolute Gasteiger partial charge is 0.407 e. The molecule has 1 atom stereocenters. The standard InChI is InChI=1S/C34H46FN5O4/c1-24(22-36-32(42)44-33(2,3)4)43-29-15-8-10-25(20-29)23-39-18-16-34(17-19-39)30(37-27-12-6-5-7-13-27)38-31(41)40(34)28-14-9-11-26(35)21-28/h8-11,14-15,20-21,24,27H,5-7,12-13,16-19,22-23H2,1-4H3,(H,36,42)(H,37,38,41). The van der Waals surface area contributed by atoms with Gasteiger partial charge in [-0.2, -0.15) is 4.99 Å². The van der Waals surface area contributed by atoms with E-state index in [4.69, 9.17) is 9.47 Å². The van der Waals surface area contributed by atoms with Gasteiger partial charge in [0.05, 0.1) is 6.54 Å². The van der Waals surface area contributed by atoms with Gasteiger partial charge in [-0.3, -0.25) is 9.80 Å². The van der Waals surface area contributed by atoms with E-state index >= 15 is 0 Å². The van der Waals surface area contributed by atoms with Crippen LogP contribution in [0.15, 0.2) is 53.5 Å². The van der Waals surface area contributed by atoms with E-state index in [9.17, 15) is 14.0 Å². The third-order valence-corrected chi connectivity index (χ3v) is 8.54. The second-order valence-corrected chi connectivity index (χ2v) is 13.3. The van der Waals surface area contributed by atoms with Crippen molar-refractivity contribution in [1.82, 2.24) is 15.5 Å². The number of likely N-dealkylation sites (tertiary alicyclic amines) is 1. The van der Waals surface area contributed by atoms with E-state index < -0.39 is 17.2 Å². The maximum Gasteiger partial charge on any atom is 0.407 e. The van der Waals surface area contributed by atoms with Crippen LogP contribution in [0.1, 0.15) is 78.2 Å². The summed E-state index contributed by atoms with van der Waals surface area (Å²) >= 11 is 0. The molecular weight excluding hydrogens is 561 g/mol. The maximum atomic E-state index is 14.3. The third kappa shape index (κ3) is 7.88. The molecule has 2 heterocycles. The maximum absolute atomic E-state index is 14.3. The van der Waals surface area contributed by atoms with Crippen LogP contribution in [0.2, 0.25) is 0 Å². The Balaban J connectivity index is 1.23. The van der Waals surface area contributed by atoms with Gasteiger partial charge in [-0.15, -0.1) is 0 Å². The molecule has 9 nitrogen and oxygen atoms in total. The number of urea groups is 1. The van der Waals surface area contributed by atoms with Gasteiger partial charge >= 0.3 is 12.1 Å². The van der Waals surface area contributed by atoms with E-state index in [0.29, 0.717) is 31.1 Å². The molecule has 0 radical (unpaired) electrons. The first-order valence-electron chi connectivity index (χ1n) is 15.9. The molecule has 2 aromatic carbocycles. The Morgan fingerprint density at radius 1 is 1.09 bits per heavy atom. The summed E-state index contributed by atoms with van der Waals surface area (Å²) in [6, 6.07) is 14.3. The first-order valence-corrected chi connectivity index (χ1v) is 15.9. The molecule has 1 saturated heterocycles. The number of anilines is 1. The summed E-state index contributed by atoms with van der Waals surface area (Å²) in [5, 5.41) is 6.42. The topological polar surface area (TPSA) is 95.5 Å². The lowest BCUT2D eigenvalue weighted by atomic mass is 9.83. The average molecular weight is 608 g/mol. The number of amides is 3. The number of nitrogens with zero attached hydrogens (tertiary/aromatic N) is 3. The van der Waals surface area contributed by atoms with Crippen LogP contribution in [-0.4, -0.2) is 65.8 Å². The lowest BCUT2D eigenvalue weighted by Crippen LogP contribution is -2.62. The van der Waals surface area contributed by atoms with Crippen LogP contribution in [0.3, 0.4) is 0 Å². The molecule has 2 N–H and O–H groups in total. The normalized spacial score (nSPS) is 19.9. The average Bonchev–Trinajstić information content (AvgIpc) is 3.22. The van der Waals surface area contributed by atoms with Gasteiger partial charge in [0.2, 0.25) is 0 Å². The first kappa shape index (κ1) is 31.8. The Morgan fingerprint density at radius 3 is 2.52 bits per heavy atom. The Labute approximate surface area is 260 Å². The van der Waals surface area contributed by atoms with Crippen molar-refractivity contribution in [3.63, 3.8) is 0 Å². The summed E-state index contributed by atoms with van der Waals surface area (Å²) in [5.74, 6) is 1.11. The number of benzene rings is 2. The molecule has 2 aromatic rings. The van der Waals surface area contributed by atoms with Crippen molar-refractivity contribution >= 4 is 23.6 Å². The largest absolute Gasteiger partial charge is 0.489 e. The third-order valence-electron chi connectivity index (χ3n) is 8.54. The molecule has 2 fully saturated rings. The number of hydrogen-bond acceptors (Lipinski definition) is 6. The molecule has 10 heteroatoms. The van der Waals surface area contributed by atoms with Gasteiger partial charge in [0, 0.05) is 31.4 Å². The van der Waals surface area contributed by atoms with Crippen LogP contribution in [0.4, 0.5) is 19.7 Å². The zero-order valence-electron chi connectivity index (χ0n) is 26.4. The number of piperidine rings is 1. The van der Waals surface area contributed by atoms with Gasteiger partial charge in [-0.05, 0) is 89.3 Å². The molecule has 0 aromatic heterocycles. The van der Waals surface area contributed by atoms with Crippen LogP contribution in [0, 0.1) is 5.82 Å². The molecule has 1 spiro atoms. The van der Waals surface area contributed by atoms with Crippen LogP contribution in [0.25, 0.3) is 0 Å². The highest BCUT2D eigenvalue weighted by atomic mass is 19.1. The van der Waals surface area contributed by atoms with Crippen LogP contribution < -0.4 is 20.3 Å². The molecular formula is C34H46FN5O4. The fraction of sp³-hybridized carbons (Fsp3) is 0.559. The minimum atomic E-state index is -0.625. The fourth-order valence-electron chi connectivity index (χ4n) is 6.45. The van der Waals surface area contributed by atoms with E-state index in [0.717, 1.165) is 49.6 Å². The second-order valence-electron chi connectivity index (χ2n) is 13.3. The van der Waals surface area contributed by atoms with Crippen molar-refractivity contribution in [3.8, 4) is 5.75 Å². The van der Waals surface area contributed by atoms with Crippen molar-refractivity contribution in [2.24, 2.45) is 4.99 Å². The molecule has 1 aliphatic carbocycles. The number of carbonyl (C=O) groups excluding carboxylic acids is 2. The summed E-state index contributed by atoms with van der Waals surface area (Å²) in [7, 11) is 0. The first-order chi connectivity index (χ1) is 21.0. The van der Waals surface area contributed by atoms with Crippen molar-refractivity contribution in [3.05, 3.63) is 59.9 Å². The SMILES string of the molecule is CC(CNC(=O)OC(C)(C)C)Oc1cccc(CN2CCC3(CC2)C(NC2CCCCC2)=NC(=O)N3c2cccc(F)c2)c1. The van der Waals surface area contributed by atoms with Crippen LogP contribution in [-0.2, 0) is 11.3 Å². The van der Waals surface area contributed by atoms with Crippen molar-refractivity contribution < 1.29 is 23.5 Å². The lowest BCUT2D eigenvalue weighted by molar-refractivity contribution is 0.0505. The number of alkyl carbamates (subject to hydrolysis) is 1. The summed E-state index contributed by atoms with van der Waals surface area (Å²) in [6.45, 7) is 9.96. The van der Waals surface area contributed by atoms with Crippen LogP contribution >= 0.6 is 0 Å². The molecule has 3 amide bonds. The predicted molar refractivity (Wildman–Crippen MR) is 170 cm³/mol. The molecule has 1 saturated carbocycles. The number of amidine groups is 1. The van der Waals surface area contributed by atoms with Gasteiger partial charge in [0.1, 0.15) is 34.6 Å². The van der Waals surface area contributed by atoms with E-state index in [1.807, 2.05) is 45.9 Å². The van der Waals surface area contributed by atoms with E-state index in [-0.39, 0.29) is 18.0 Å². The molecule has 3 aliphatic rings. The summed E-state index contributed by atoms with van der Waals surface area (Å²) < 4.78 is 25.7. The Bertz CT molecular complexity index is 1350. The van der Waals surface area contributed by atoms with Crippen molar-refractivity contribution in [1.29, 1.82) is 0 Å². The van der Waals surface area contributed by atoms with E-state index in [2.05, 4.69) is 26.6 Å².